The van der Waals surface area contributed by atoms with Crippen LogP contribution >= 0.6 is 11.6 Å². The Labute approximate surface area is 137 Å². The number of halogens is 1. The van der Waals surface area contributed by atoms with Crippen LogP contribution in [0.25, 0.3) is 11.5 Å². The predicted octanol–water partition coefficient (Wildman–Crippen LogP) is 3.56. The normalized spacial score (nSPS) is 10.5. The van der Waals surface area contributed by atoms with Crippen molar-refractivity contribution < 1.29 is 13.9 Å². The van der Waals surface area contributed by atoms with Crippen LogP contribution in [0.5, 0.6) is 11.5 Å². The molecule has 1 heterocycles. The lowest BCUT2D eigenvalue weighted by Gasteiger charge is -2.12. The van der Waals surface area contributed by atoms with Gasteiger partial charge in [0.25, 0.3) is 0 Å². The van der Waals surface area contributed by atoms with E-state index in [9.17, 15) is 0 Å². The van der Waals surface area contributed by atoms with Gasteiger partial charge in [-0.05, 0) is 24.3 Å². The van der Waals surface area contributed by atoms with Crippen LogP contribution in [0.3, 0.4) is 0 Å². The van der Waals surface area contributed by atoms with E-state index in [0.29, 0.717) is 34.6 Å². The first-order valence-electron chi connectivity index (χ1n) is 6.81. The molecule has 0 radical (unpaired) electrons. The number of nitrogens with two attached hydrogens (primary N) is 1. The van der Waals surface area contributed by atoms with Crippen molar-refractivity contribution in [3.05, 3.63) is 53.1 Å². The summed E-state index contributed by atoms with van der Waals surface area (Å²) in [7, 11) is 1.56. The highest BCUT2D eigenvalue weighted by molar-refractivity contribution is 6.31. The average Bonchev–Trinajstić information content (AvgIpc) is 3.00. The van der Waals surface area contributed by atoms with Crippen LogP contribution in [0.1, 0.15) is 5.56 Å². The molecule has 0 saturated carbocycles. The summed E-state index contributed by atoms with van der Waals surface area (Å²) < 4.78 is 16.3. The summed E-state index contributed by atoms with van der Waals surface area (Å²) in [5, 5.41) is 8.13. The monoisotopic (exact) mass is 331 g/mol. The molecule has 2 N–H and O–H groups in total. The second kappa shape index (κ2) is 6.58. The third-order valence-corrected chi connectivity index (χ3v) is 3.56. The lowest BCUT2D eigenvalue weighted by atomic mass is 10.2. The van der Waals surface area contributed by atoms with Gasteiger partial charge in [0.1, 0.15) is 6.61 Å². The number of nitrogens with zero attached hydrogens (tertiary/aromatic N) is 2. The van der Waals surface area contributed by atoms with Gasteiger partial charge in [-0.25, -0.2) is 0 Å². The second-order valence-electron chi connectivity index (χ2n) is 4.69. The highest BCUT2D eigenvalue weighted by atomic mass is 35.5. The minimum absolute atomic E-state index is 0.0120. The molecular weight excluding hydrogens is 318 g/mol. The van der Waals surface area contributed by atoms with E-state index in [1.165, 1.54) is 0 Å². The smallest absolute Gasteiger partial charge is 0.313 e. The number of ether oxygens (including phenoxy) is 2. The van der Waals surface area contributed by atoms with Crippen LogP contribution in [0.15, 0.2) is 46.9 Å². The van der Waals surface area contributed by atoms with Crippen LogP contribution in [0.2, 0.25) is 5.02 Å². The van der Waals surface area contributed by atoms with Gasteiger partial charge in [-0.3, -0.25) is 0 Å². The molecule has 0 spiro atoms. The fourth-order valence-electron chi connectivity index (χ4n) is 2.04. The van der Waals surface area contributed by atoms with E-state index in [4.69, 9.17) is 31.2 Å². The molecule has 0 aliphatic heterocycles. The van der Waals surface area contributed by atoms with Crippen molar-refractivity contribution in [2.24, 2.45) is 0 Å². The van der Waals surface area contributed by atoms with Crippen molar-refractivity contribution in [2.45, 2.75) is 6.61 Å². The summed E-state index contributed by atoms with van der Waals surface area (Å²) in [5.74, 6) is 1.45. The molecule has 0 amide bonds. The Morgan fingerprint density at radius 1 is 1.13 bits per heavy atom. The SMILES string of the molecule is COc1cc(-c2nnc(N)o2)ccc1OCc1ccccc1Cl. The highest BCUT2D eigenvalue weighted by Crippen LogP contribution is 2.33. The van der Waals surface area contributed by atoms with E-state index in [0.717, 1.165) is 5.56 Å². The molecule has 0 saturated heterocycles. The van der Waals surface area contributed by atoms with Crippen molar-refractivity contribution in [2.75, 3.05) is 12.8 Å². The van der Waals surface area contributed by atoms with E-state index >= 15 is 0 Å². The molecule has 2 aromatic carbocycles. The maximum absolute atomic E-state index is 6.12. The zero-order valence-corrected chi connectivity index (χ0v) is 13.1. The number of aromatic nitrogens is 2. The lowest BCUT2D eigenvalue weighted by Crippen LogP contribution is -1.98. The average molecular weight is 332 g/mol. The Morgan fingerprint density at radius 3 is 2.65 bits per heavy atom. The molecule has 118 valence electrons. The molecule has 0 aliphatic carbocycles. The minimum atomic E-state index is 0.0120. The van der Waals surface area contributed by atoms with Crippen LogP contribution in [0.4, 0.5) is 6.01 Å². The second-order valence-corrected chi connectivity index (χ2v) is 5.10. The van der Waals surface area contributed by atoms with Gasteiger partial charge in [0.2, 0.25) is 5.89 Å². The molecule has 6 nitrogen and oxygen atoms in total. The number of hydrogen-bond donors (Lipinski definition) is 1. The summed E-state index contributed by atoms with van der Waals surface area (Å²) in [6.45, 7) is 0.336. The fraction of sp³-hybridized carbons (Fsp3) is 0.125. The Kier molecular flexibility index (Phi) is 4.34. The molecule has 0 unspecified atom stereocenters. The number of hydrogen-bond acceptors (Lipinski definition) is 6. The summed E-state index contributed by atoms with van der Waals surface area (Å²) in [6, 6.07) is 12.8. The minimum Gasteiger partial charge on any atom is -0.493 e. The van der Waals surface area contributed by atoms with Gasteiger partial charge < -0.3 is 19.6 Å². The molecule has 0 fully saturated rings. The zero-order valence-electron chi connectivity index (χ0n) is 12.3. The van der Waals surface area contributed by atoms with Gasteiger partial charge in [-0.2, -0.15) is 0 Å². The summed E-state index contributed by atoms with van der Waals surface area (Å²) in [4.78, 5) is 0. The van der Waals surface area contributed by atoms with E-state index in [1.807, 2.05) is 24.3 Å². The van der Waals surface area contributed by atoms with Crippen molar-refractivity contribution in [1.82, 2.24) is 10.2 Å². The summed E-state index contributed by atoms with van der Waals surface area (Å²) in [5.41, 5.74) is 7.02. The highest BCUT2D eigenvalue weighted by Gasteiger charge is 2.12. The molecule has 1 aromatic heterocycles. The van der Waals surface area contributed by atoms with Crippen LogP contribution in [-0.2, 0) is 6.61 Å². The molecular formula is C16H14ClN3O3. The van der Waals surface area contributed by atoms with Gasteiger partial charge >= 0.3 is 6.01 Å². The van der Waals surface area contributed by atoms with Gasteiger partial charge in [0.15, 0.2) is 11.5 Å². The van der Waals surface area contributed by atoms with Gasteiger partial charge in [0, 0.05) is 16.1 Å². The van der Waals surface area contributed by atoms with E-state index in [2.05, 4.69) is 10.2 Å². The molecule has 0 atom stereocenters. The molecule has 7 heteroatoms. The Balaban J connectivity index is 1.81. The van der Waals surface area contributed by atoms with Crippen LogP contribution < -0.4 is 15.2 Å². The van der Waals surface area contributed by atoms with Crippen molar-refractivity contribution in [3.8, 4) is 23.0 Å². The summed E-state index contributed by atoms with van der Waals surface area (Å²) >= 11 is 6.12. The largest absolute Gasteiger partial charge is 0.493 e. The van der Waals surface area contributed by atoms with Gasteiger partial charge in [-0.15, -0.1) is 5.10 Å². The van der Waals surface area contributed by atoms with Gasteiger partial charge in [0.05, 0.1) is 7.11 Å². The van der Waals surface area contributed by atoms with Crippen LogP contribution in [-0.4, -0.2) is 17.3 Å². The summed E-state index contributed by atoms with van der Waals surface area (Å²) in [6.07, 6.45) is 0. The lowest BCUT2D eigenvalue weighted by molar-refractivity contribution is 0.284. The van der Waals surface area contributed by atoms with Gasteiger partial charge in [-0.1, -0.05) is 34.9 Å². The first-order chi connectivity index (χ1) is 11.2. The first kappa shape index (κ1) is 15.2. The maximum Gasteiger partial charge on any atom is 0.313 e. The first-order valence-corrected chi connectivity index (χ1v) is 7.19. The van der Waals surface area contributed by atoms with Crippen molar-refractivity contribution in [3.63, 3.8) is 0 Å². The molecule has 3 rings (SSSR count). The third-order valence-electron chi connectivity index (χ3n) is 3.19. The number of methoxy groups -OCH3 is 1. The number of nitrogen functional groups attached to an aromatic ring is 1. The number of rotatable bonds is 5. The van der Waals surface area contributed by atoms with Crippen LogP contribution in [0, 0.1) is 0 Å². The Bertz CT molecular complexity index is 820. The standard InChI is InChI=1S/C16H14ClN3O3/c1-21-14-8-10(15-19-20-16(18)23-15)6-7-13(14)22-9-11-4-2-3-5-12(11)17/h2-8H,9H2,1H3,(H2,18,20). The number of anilines is 1. The third kappa shape index (κ3) is 3.37. The molecule has 0 aliphatic rings. The van der Waals surface area contributed by atoms with E-state index < -0.39 is 0 Å². The Morgan fingerprint density at radius 2 is 1.96 bits per heavy atom. The Hall–Kier alpha value is -2.73. The topological polar surface area (TPSA) is 83.4 Å². The maximum atomic E-state index is 6.12. The van der Waals surface area contributed by atoms with E-state index in [-0.39, 0.29) is 6.01 Å². The molecule has 23 heavy (non-hydrogen) atoms. The van der Waals surface area contributed by atoms with E-state index in [1.54, 1.807) is 25.3 Å². The number of benzene rings is 2. The fourth-order valence-corrected chi connectivity index (χ4v) is 2.23. The van der Waals surface area contributed by atoms with Crippen molar-refractivity contribution >= 4 is 17.6 Å². The zero-order chi connectivity index (χ0) is 16.2. The van der Waals surface area contributed by atoms with Crippen molar-refractivity contribution in [1.29, 1.82) is 0 Å². The predicted molar refractivity (Wildman–Crippen MR) is 86.5 cm³/mol. The molecule has 0 bridgehead atoms. The quantitative estimate of drug-likeness (QED) is 0.769. The molecule has 3 aromatic rings.